The van der Waals surface area contributed by atoms with Crippen molar-refractivity contribution in [1.29, 1.82) is 0 Å². The molecule has 0 amide bonds. The highest BCUT2D eigenvalue weighted by atomic mass is 15.1. The number of anilines is 3. The van der Waals surface area contributed by atoms with Gasteiger partial charge >= 0.3 is 0 Å². The van der Waals surface area contributed by atoms with Gasteiger partial charge in [0.1, 0.15) is 0 Å². The van der Waals surface area contributed by atoms with Gasteiger partial charge in [-0.1, -0.05) is 61.0 Å². The Labute approximate surface area is 304 Å². The number of hydrogen-bond acceptors (Lipinski definition) is 1. The number of rotatable bonds is 5. The van der Waals surface area contributed by atoms with Crippen molar-refractivity contribution in [3.8, 4) is 11.1 Å². The highest BCUT2D eigenvalue weighted by Crippen LogP contribution is 2.94. The summed E-state index contributed by atoms with van der Waals surface area (Å²) in [5.74, 6) is 9.40. The molecule has 0 aliphatic heterocycles. The maximum atomic E-state index is 2.69. The summed E-state index contributed by atoms with van der Waals surface area (Å²) in [6, 6.07) is 37.4. The molecule has 51 heavy (non-hydrogen) atoms. The molecule has 10 saturated carbocycles. The first-order chi connectivity index (χ1) is 25.1. The second kappa shape index (κ2) is 9.24. The van der Waals surface area contributed by atoms with Crippen LogP contribution in [0.15, 0.2) is 91.0 Å². The first-order valence-electron chi connectivity index (χ1n) is 21.4. The SMILES string of the molecule is c1ccc2c(c1)-c1ccc(N(c3ccc(C4CC5CCC4C5)cc3)c3ccc(C45CC6CC(CC(C6)C4)C5)cc3)cc1C21C2CC3CC4CC1C342. The van der Waals surface area contributed by atoms with E-state index in [0.717, 1.165) is 59.2 Å². The third kappa shape index (κ3) is 3.20. The zero-order chi connectivity index (χ0) is 32.8. The minimum atomic E-state index is 0.245. The van der Waals surface area contributed by atoms with Gasteiger partial charge in [0.05, 0.1) is 0 Å². The summed E-state index contributed by atoms with van der Waals surface area (Å²) in [5.41, 5.74) is 15.0. The largest absolute Gasteiger partial charge is 0.310 e. The number of nitrogens with zero attached hydrogens (tertiary/aromatic N) is 1. The summed E-state index contributed by atoms with van der Waals surface area (Å²) in [6.07, 6.45) is 19.1. The van der Waals surface area contributed by atoms with Crippen molar-refractivity contribution in [2.45, 2.75) is 100 Å². The molecule has 0 heterocycles. The molecule has 4 aromatic rings. The summed E-state index contributed by atoms with van der Waals surface area (Å²) >= 11 is 0. The molecule has 11 aliphatic rings. The van der Waals surface area contributed by atoms with E-state index in [4.69, 9.17) is 0 Å². The van der Waals surface area contributed by atoms with Crippen LogP contribution >= 0.6 is 0 Å². The van der Waals surface area contributed by atoms with E-state index in [1.807, 2.05) is 0 Å². The Balaban J connectivity index is 0.890. The van der Waals surface area contributed by atoms with Gasteiger partial charge in [-0.15, -0.1) is 0 Å². The van der Waals surface area contributed by atoms with Crippen molar-refractivity contribution in [3.05, 3.63) is 113 Å². The maximum absolute atomic E-state index is 2.69. The lowest BCUT2D eigenvalue weighted by molar-refractivity contribution is -0.412. The summed E-state index contributed by atoms with van der Waals surface area (Å²) < 4.78 is 0. The van der Waals surface area contributed by atoms with Crippen molar-refractivity contribution >= 4 is 17.1 Å². The molecule has 11 aliphatic carbocycles. The van der Waals surface area contributed by atoms with Crippen LogP contribution in [0.4, 0.5) is 17.1 Å². The van der Waals surface area contributed by atoms with Gasteiger partial charge in [0.25, 0.3) is 0 Å². The van der Waals surface area contributed by atoms with Gasteiger partial charge in [-0.3, -0.25) is 0 Å². The normalized spacial score (nSPS) is 44.5. The molecule has 1 nitrogen and oxygen atoms in total. The van der Waals surface area contributed by atoms with E-state index >= 15 is 0 Å². The number of fused-ring (bicyclic) bond motifs is 9. The Kier molecular flexibility index (Phi) is 5.11. The van der Waals surface area contributed by atoms with Gasteiger partial charge in [0.15, 0.2) is 0 Å². The predicted octanol–water partition coefficient (Wildman–Crippen LogP) is 12.5. The van der Waals surface area contributed by atoms with Crippen molar-refractivity contribution in [2.75, 3.05) is 4.90 Å². The molecule has 15 rings (SSSR count). The van der Waals surface area contributed by atoms with E-state index < -0.39 is 0 Å². The van der Waals surface area contributed by atoms with E-state index in [1.165, 1.54) is 112 Å². The Morgan fingerprint density at radius 2 is 1.16 bits per heavy atom. The zero-order valence-corrected chi connectivity index (χ0v) is 30.1. The Morgan fingerprint density at radius 1 is 0.510 bits per heavy atom. The summed E-state index contributed by atoms with van der Waals surface area (Å²) in [5, 5.41) is 0. The Morgan fingerprint density at radius 3 is 1.80 bits per heavy atom. The van der Waals surface area contributed by atoms with Crippen LogP contribution in [0.1, 0.15) is 112 Å². The first kappa shape index (κ1) is 28.2. The second-order valence-corrected chi connectivity index (χ2v) is 20.3. The molecule has 0 radical (unpaired) electrons. The molecule has 0 N–H and O–H groups in total. The molecule has 10 fully saturated rings. The maximum Gasteiger partial charge on any atom is 0.0465 e. The summed E-state index contributed by atoms with van der Waals surface area (Å²) in [7, 11) is 0. The zero-order valence-electron chi connectivity index (χ0n) is 30.1. The predicted molar refractivity (Wildman–Crippen MR) is 206 cm³/mol. The van der Waals surface area contributed by atoms with Crippen molar-refractivity contribution in [1.82, 2.24) is 0 Å². The number of hydrogen-bond donors (Lipinski definition) is 0. The fourth-order valence-corrected chi connectivity index (χ4v) is 17.5. The van der Waals surface area contributed by atoms with Crippen molar-refractivity contribution < 1.29 is 0 Å². The van der Waals surface area contributed by atoms with Gasteiger partial charge in [-0.05, 0) is 217 Å². The quantitative estimate of drug-likeness (QED) is 0.205. The number of benzene rings is 4. The Hall–Kier alpha value is -3.32. The molecule has 6 bridgehead atoms. The monoisotopic (exact) mass is 665 g/mol. The molecule has 7 unspecified atom stereocenters. The molecule has 1 heteroatoms. The summed E-state index contributed by atoms with van der Waals surface area (Å²) in [6.45, 7) is 0. The first-order valence-corrected chi connectivity index (χ1v) is 21.4. The van der Waals surface area contributed by atoms with Crippen LogP contribution in [0.2, 0.25) is 0 Å². The molecule has 256 valence electrons. The standard InChI is InChI=1S/C50H51N/c1-2-4-44-41(3-1)42-16-15-40(25-45(42)50(44)46-23-36-22-37-24-47(50)49(36,37)46)51(38-11-7-33(8-12-38)43-21-29-5-6-34(43)20-29)39-13-9-35(10-14-39)48-26-30-17-31(27-48)19-32(18-30)28-48/h1-4,7-16,25,29-32,34,36-37,43,46-47H,5-6,17-24,26-28H2. The van der Waals surface area contributed by atoms with Gasteiger partial charge in [-0.25, -0.2) is 0 Å². The smallest absolute Gasteiger partial charge is 0.0465 e. The van der Waals surface area contributed by atoms with E-state index in [1.54, 1.807) is 22.3 Å². The van der Waals surface area contributed by atoms with Gasteiger partial charge in [0.2, 0.25) is 0 Å². The minimum absolute atomic E-state index is 0.245. The van der Waals surface area contributed by atoms with Gasteiger partial charge in [-0.2, -0.15) is 0 Å². The van der Waals surface area contributed by atoms with Crippen LogP contribution in [0.3, 0.4) is 0 Å². The minimum Gasteiger partial charge on any atom is -0.310 e. The van der Waals surface area contributed by atoms with Crippen molar-refractivity contribution in [2.24, 2.45) is 58.7 Å². The average Bonchev–Trinajstić information content (AvgIpc) is 3.83. The molecular formula is C50H51N. The van der Waals surface area contributed by atoms with Crippen LogP contribution in [-0.2, 0) is 10.8 Å². The fraction of sp³-hybridized carbons (Fsp3) is 0.520. The molecular weight excluding hydrogens is 615 g/mol. The Bertz CT molecular complexity index is 2080. The van der Waals surface area contributed by atoms with Crippen LogP contribution in [0.5, 0.6) is 0 Å². The van der Waals surface area contributed by atoms with E-state index in [0.29, 0.717) is 10.8 Å². The lowest BCUT2D eigenvalue weighted by Crippen LogP contribution is -2.88. The van der Waals surface area contributed by atoms with E-state index in [2.05, 4.69) is 95.9 Å². The van der Waals surface area contributed by atoms with Crippen LogP contribution in [0.25, 0.3) is 11.1 Å². The van der Waals surface area contributed by atoms with E-state index in [9.17, 15) is 0 Å². The lowest BCUT2D eigenvalue weighted by Gasteiger charge is -2.92. The molecule has 0 saturated heterocycles. The van der Waals surface area contributed by atoms with Gasteiger partial charge in [0, 0.05) is 22.5 Å². The fourth-order valence-electron chi connectivity index (χ4n) is 17.5. The van der Waals surface area contributed by atoms with Crippen molar-refractivity contribution in [3.63, 3.8) is 0 Å². The van der Waals surface area contributed by atoms with Crippen LogP contribution in [-0.4, -0.2) is 0 Å². The highest BCUT2D eigenvalue weighted by Gasteiger charge is 2.90. The lowest BCUT2D eigenvalue weighted by atomic mass is 9.11. The highest BCUT2D eigenvalue weighted by molar-refractivity contribution is 5.87. The summed E-state index contributed by atoms with van der Waals surface area (Å²) in [4.78, 5) is 2.63. The third-order valence-corrected chi connectivity index (χ3v) is 18.8. The third-order valence-electron chi connectivity index (χ3n) is 18.8. The van der Waals surface area contributed by atoms with Crippen LogP contribution < -0.4 is 4.90 Å². The average molecular weight is 666 g/mol. The topological polar surface area (TPSA) is 3.24 Å². The molecule has 7 atom stereocenters. The molecule has 2 spiro atoms. The van der Waals surface area contributed by atoms with Crippen LogP contribution in [0, 0.1) is 58.7 Å². The second-order valence-electron chi connectivity index (χ2n) is 20.3. The molecule has 4 aromatic carbocycles. The van der Waals surface area contributed by atoms with Gasteiger partial charge < -0.3 is 4.90 Å². The van der Waals surface area contributed by atoms with E-state index in [-0.39, 0.29) is 5.41 Å². The molecule has 0 aromatic heterocycles.